The van der Waals surface area contributed by atoms with Gasteiger partial charge in [0, 0.05) is 17.8 Å². The van der Waals surface area contributed by atoms with Crippen LogP contribution in [0, 0.1) is 17.2 Å². The average Bonchev–Trinajstić information content (AvgIpc) is 2.46. The van der Waals surface area contributed by atoms with Gasteiger partial charge < -0.3 is 0 Å². The van der Waals surface area contributed by atoms with Crippen LogP contribution in [-0.2, 0) is 16.3 Å². The molecular weight excluding hydrogens is 312 g/mol. The molecule has 2 heterocycles. The maximum absolute atomic E-state index is 12.8. The van der Waals surface area contributed by atoms with Gasteiger partial charge in [-0.15, -0.1) is 0 Å². The molecule has 1 aliphatic carbocycles. The highest BCUT2D eigenvalue weighted by molar-refractivity contribution is 7.84. The third kappa shape index (κ3) is 2.29. The second-order valence-corrected chi connectivity index (χ2v) is 7.58. The van der Waals surface area contributed by atoms with E-state index in [0.29, 0.717) is 11.0 Å². The first-order valence-electron chi connectivity index (χ1n) is 7.57. The molecule has 1 atom stereocenters. The van der Waals surface area contributed by atoms with Crippen molar-refractivity contribution in [1.29, 1.82) is 5.26 Å². The normalized spacial score (nSPS) is 17.7. The van der Waals surface area contributed by atoms with Crippen LogP contribution in [-0.4, -0.2) is 25.0 Å². The molecular formula is C16H18N4O2S. The molecule has 2 aromatic rings. The number of hydrogen-bond donors (Lipinski definition) is 0. The number of pyridine rings is 1. The molecule has 0 saturated heterocycles. The van der Waals surface area contributed by atoms with Crippen LogP contribution in [0.25, 0.3) is 11.0 Å². The summed E-state index contributed by atoms with van der Waals surface area (Å²) in [6.07, 6.45) is 5.85. The van der Waals surface area contributed by atoms with E-state index in [0.717, 1.165) is 19.3 Å². The maximum atomic E-state index is 12.8. The fourth-order valence-electron chi connectivity index (χ4n) is 3.31. The topological polar surface area (TPSA) is 88.6 Å². The highest BCUT2D eigenvalue weighted by Crippen LogP contribution is 2.45. The average molecular weight is 330 g/mol. The van der Waals surface area contributed by atoms with Crippen LogP contribution in [0.5, 0.6) is 0 Å². The van der Waals surface area contributed by atoms with Crippen LogP contribution in [0.2, 0.25) is 0 Å². The van der Waals surface area contributed by atoms with Gasteiger partial charge in [0.15, 0.2) is 0 Å². The third-order valence-electron chi connectivity index (χ3n) is 4.84. The third-order valence-corrected chi connectivity index (χ3v) is 5.55. The molecule has 0 bridgehead atoms. The van der Waals surface area contributed by atoms with Crippen molar-refractivity contribution in [2.45, 2.75) is 43.8 Å². The van der Waals surface area contributed by atoms with E-state index >= 15 is 0 Å². The summed E-state index contributed by atoms with van der Waals surface area (Å²) in [6.45, 7) is 4.16. The quantitative estimate of drug-likeness (QED) is 0.802. The summed E-state index contributed by atoms with van der Waals surface area (Å²) in [7, 11) is -1.33. The Morgan fingerprint density at radius 1 is 1.43 bits per heavy atom. The van der Waals surface area contributed by atoms with Crippen molar-refractivity contribution in [2.24, 2.45) is 5.92 Å². The van der Waals surface area contributed by atoms with Crippen molar-refractivity contribution in [2.75, 3.05) is 6.26 Å². The first kappa shape index (κ1) is 15.8. The lowest BCUT2D eigenvalue weighted by Crippen LogP contribution is -2.51. The van der Waals surface area contributed by atoms with E-state index in [1.807, 2.05) is 6.07 Å². The molecule has 1 aliphatic rings. The number of nitriles is 1. The Morgan fingerprint density at radius 3 is 2.61 bits per heavy atom. The van der Waals surface area contributed by atoms with Gasteiger partial charge >= 0.3 is 0 Å². The summed E-state index contributed by atoms with van der Waals surface area (Å²) in [5, 5.41) is 10.1. The largest absolute Gasteiger partial charge is 0.285 e. The lowest BCUT2D eigenvalue weighted by atomic mass is 9.69. The molecule has 0 spiro atoms. The van der Waals surface area contributed by atoms with Crippen molar-refractivity contribution in [3.63, 3.8) is 0 Å². The van der Waals surface area contributed by atoms with Crippen LogP contribution < -0.4 is 5.56 Å². The Labute approximate surface area is 136 Å². The first-order valence-corrected chi connectivity index (χ1v) is 9.13. The van der Waals surface area contributed by atoms with E-state index in [4.69, 9.17) is 0 Å². The molecule has 23 heavy (non-hydrogen) atoms. The molecule has 0 amide bonds. The van der Waals surface area contributed by atoms with Crippen LogP contribution in [0.15, 0.2) is 22.2 Å². The SMILES string of the molecule is CC(C)C1(n2c(=O)c(C#N)cc3cnc(S(C)=O)nc32)CCC1. The van der Waals surface area contributed by atoms with Crippen molar-refractivity contribution in [3.8, 4) is 6.07 Å². The summed E-state index contributed by atoms with van der Waals surface area (Å²) in [5.41, 5.74) is -0.0794. The zero-order chi connectivity index (χ0) is 16.8. The highest BCUT2D eigenvalue weighted by atomic mass is 32.2. The second kappa shape index (κ2) is 5.53. The molecule has 0 N–H and O–H groups in total. The van der Waals surface area contributed by atoms with Gasteiger partial charge in [0.1, 0.15) is 17.3 Å². The minimum atomic E-state index is -1.33. The smallest absolute Gasteiger partial charge is 0.270 e. The first-order chi connectivity index (χ1) is 10.9. The van der Waals surface area contributed by atoms with Crippen LogP contribution in [0.3, 0.4) is 0 Å². The minimum Gasteiger partial charge on any atom is -0.285 e. The summed E-state index contributed by atoms with van der Waals surface area (Å²) >= 11 is 0. The van der Waals surface area contributed by atoms with Gasteiger partial charge in [-0.3, -0.25) is 13.6 Å². The lowest BCUT2D eigenvalue weighted by molar-refractivity contribution is 0.0808. The molecule has 1 unspecified atom stereocenters. The number of aromatic nitrogens is 3. The van der Waals surface area contributed by atoms with Gasteiger partial charge in [0.2, 0.25) is 5.16 Å². The summed E-state index contributed by atoms with van der Waals surface area (Å²) < 4.78 is 13.4. The highest BCUT2D eigenvalue weighted by Gasteiger charge is 2.43. The Balaban J connectivity index is 2.44. The predicted molar refractivity (Wildman–Crippen MR) is 87.5 cm³/mol. The predicted octanol–water partition coefficient (Wildman–Crippen LogP) is 1.94. The van der Waals surface area contributed by atoms with E-state index in [1.54, 1.807) is 10.8 Å². The van der Waals surface area contributed by atoms with Crippen LogP contribution >= 0.6 is 0 Å². The van der Waals surface area contributed by atoms with Gasteiger partial charge in [0.05, 0.1) is 16.3 Å². The number of hydrogen-bond acceptors (Lipinski definition) is 5. The van der Waals surface area contributed by atoms with Crippen molar-refractivity contribution in [3.05, 3.63) is 28.2 Å². The monoisotopic (exact) mass is 330 g/mol. The maximum Gasteiger partial charge on any atom is 0.270 e. The van der Waals surface area contributed by atoms with Gasteiger partial charge in [-0.1, -0.05) is 13.8 Å². The van der Waals surface area contributed by atoms with Gasteiger partial charge in [-0.2, -0.15) is 5.26 Å². The van der Waals surface area contributed by atoms with Crippen molar-refractivity contribution < 1.29 is 4.21 Å². The Bertz CT molecular complexity index is 907. The number of nitrogens with zero attached hydrogens (tertiary/aromatic N) is 4. The Kier molecular flexibility index (Phi) is 3.80. The fraction of sp³-hybridized carbons (Fsp3) is 0.500. The fourth-order valence-corrected chi connectivity index (χ4v) is 3.73. The molecule has 7 heteroatoms. The molecule has 0 aliphatic heterocycles. The molecule has 1 saturated carbocycles. The number of fused-ring (bicyclic) bond motifs is 1. The zero-order valence-corrected chi connectivity index (χ0v) is 14.2. The van der Waals surface area contributed by atoms with Gasteiger partial charge in [-0.25, -0.2) is 9.97 Å². The van der Waals surface area contributed by atoms with E-state index < -0.39 is 10.8 Å². The summed E-state index contributed by atoms with van der Waals surface area (Å²) in [6, 6.07) is 3.49. The lowest BCUT2D eigenvalue weighted by Gasteiger charge is -2.47. The van der Waals surface area contributed by atoms with Gasteiger partial charge in [0.25, 0.3) is 5.56 Å². The molecule has 2 aromatic heterocycles. The summed E-state index contributed by atoms with van der Waals surface area (Å²) in [5.74, 6) is 0.233. The van der Waals surface area contributed by atoms with Gasteiger partial charge in [-0.05, 0) is 31.2 Å². The summed E-state index contributed by atoms with van der Waals surface area (Å²) in [4.78, 5) is 21.3. The van der Waals surface area contributed by atoms with E-state index in [1.165, 1.54) is 12.3 Å². The standard InChI is InChI=1S/C16H18N4O2S/c1-10(2)16(5-4-6-16)20-13-12(7-11(8-17)14(20)21)9-18-15(19-13)23(3)22/h7,9-10H,4-6H2,1-3H3. The molecule has 120 valence electrons. The molecule has 0 radical (unpaired) electrons. The molecule has 0 aromatic carbocycles. The second-order valence-electron chi connectivity index (χ2n) is 6.31. The minimum absolute atomic E-state index is 0.0957. The van der Waals surface area contributed by atoms with E-state index in [9.17, 15) is 14.3 Å². The number of rotatable bonds is 3. The van der Waals surface area contributed by atoms with Crippen LogP contribution in [0.4, 0.5) is 0 Å². The molecule has 3 rings (SSSR count). The molecule has 6 nitrogen and oxygen atoms in total. The van der Waals surface area contributed by atoms with E-state index in [-0.39, 0.29) is 27.7 Å². The zero-order valence-electron chi connectivity index (χ0n) is 13.4. The Morgan fingerprint density at radius 2 is 2.13 bits per heavy atom. The van der Waals surface area contributed by atoms with E-state index in [2.05, 4.69) is 23.8 Å². The molecule has 1 fully saturated rings. The van der Waals surface area contributed by atoms with Crippen molar-refractivity contribution >= 4 is 21.8 Å². The Hall–Kier alpha value is -2.07. The van der Waals surface area contributed by atoms with Crippen molar-refractivity contribution in [1.82, 2.24) is 14.5 Å². The van der Waals surface area contributed by atoms with Crippen LogP contribution in [0.1, 0.15) is 38.7 Å².